The van der Waals surface area contributed by atoms with E-state index in [0.29, 0.717) is 16.7 Å². The maximum Gasteiger partial charge on any atom is 0.152 e. The van der Waals surface area contributed by atoms with E-state index in [4.69, 9.17) is 16.3 Å². The summed E-state index contributed by atoms with van der Waals surface area (Å²) in [4.78, 5) is 0. The van der Waals surface area contributed by atoms with Crippen molar-refractivity contribution in [3.63, 3.8) is 0 Å². The van der Waals surface area contributed by atoms with Crippen molar-refractivity contribution in [3.05, 3.63) is 29.2 Å². The van der Waals surface area contributed by atoms with Crippen LogP contribution >= 0.6 is 11.6 Å². The van der Waals surface area contributed by atoms with E-state index in [1.165, 1.54) is 19.2 Å². The summed E-state index contributed by atoms with van der Waals surface area (Å²) in [7, 11) is 1.46. The van der Waals surface area contributed by atoms with Gasteiger partial charge in [0, 0.05) is 17.5 Å². The molecule has 0 radical (unpaired) electrons. The zero-order valence-electron chi connectivity index (χ0n) is 7.29. The summed E-state index contributed by atoms with van der Waals surface area (Å²) in [6, 6.07) is 4.31. The fraction of sp³-hybridized carbons (Fsp3) is 0.111. The van der Waals surface area contributed by atoms with Gasteiger partial charge in [0.2, 0.25) is 0 Å². The van der Waals surface area contributed by atoms with Gasteiger partial charge in [-0.05, 0) is 6.07 Å². The van der Waals surface area contributed by atoms with Gasteiger partial charge in [-0.3, -0.25) is 0 Å². The molecule has 2 aromatic rings. The lowest BCUT2D eigenvalue weighted by atomic mass is 10.2. The molecule has 0 spiro atoms. The Morgan fingerprint density at radius 2 is 2.07 bits per heavy atom. The number of methoxy groups -OCH3 is 1. The molecule has 3 nitrogen and oxygen atoms in total. The van der Waals surface area contributed by atoms with Crippen LogP contribution in [0.3, 0.4) is 0 Å². The van der Waals surface area contributed by atoms with Crippen molar-refractivity contribution in [2.75, 3.05) is 7.11 Å². The van der Waals surface area contributed by atoms with Crippen LogP contribution in [-0.2, 0) is 0 Å². The fourth-order valence-electron chi connectivity index (χ4n) is 1.17. The number of hydrogen-bond acceptors (Lipinski definition) is 3. The maximum atomic E-state index is 13.4. The highest BCUT2D eigenvalue weighted by molar-refractivity contribution is 6.29. The van der Waals surface area contributed by atoms with Crippen LogP contribution in [0.5, 0.6) is 5.75 Å². The minimum absolute atomic E-state index is 0.168. The van der Waals surface area contributed by atoms with Crippen LogP contribution in [-0.4, -0.2) is 17.3 Å². The summed E-state index contributed by atoms with van der Waals surface area (Å²) >= 11 is 5.59. The van der Waals surface area contributed by atoms with Gasteiger partial charge < -0.3 is 4.74 Å². The van der Waals surface area contributed by atoms with Crippen molar-refractivity contribution >= 4 is 22.5 Å². The molecule has 1 aromatic carbocycles. The molecule has 14 heavy (non-hydrogen) atoms. The highest BCUT2D eigenvalue weighted by Crippen LogP contribution is 2.23. The van der Waals surface area contributed by atoms with E-state index in [0.717, 1.165) is 0 Å². The number of aromatic nitrogens is 2. The van der Waals surface area contributed by atoms with Gasteiger partial charge in [0.1, 0.15) is 11.6 Å². The van der Waals surface area contributed by atoms with Gasteiger partial charge in [0.25, 0.3) is 0 Å². The second kappa shape index (κ2) is 3.38. The average molecular weight is 213 g/mol. The fourth-order valence-corrected chi connectivity index (χ4v) is 1.32. The molecule has 0 unspecified atom stereocenters. The third-order valence-corrected chi connectivity index (χ3v) is 2.02. The van der Waals surface area contributed by atoms with Crippen molar-refractivity contribution in [1.82, 2.24) is 10.2 Å². The number of halogens is 2. The second-order valence-corrected chi connectivity index (χ2v) is 3.10. The molecule has 0 saturated carbocycles. The van der Waals surface area contributed by atoms with E-state index in [9.17, 15) is 4.39 Å². The summed E-state index contributed by atoms with van der Waals surface area (Å²) < 4.78 is 18.3. The molecule has 0 amide bonds. The predicted octanol–water partition coefficient (Wildman–Crippen LogP) is 2.43. The Morgan fingerprint density at radius 3 is 2.79 bits per heavy atom. The lowest BCUT2D eigenvalue weighted by molar-refractivity contribution is 0.412. The van der Waals surface area contributed by atoms with Crippen molar-refractivity contribution in [3.8, 4) is 5.75 Å². The summed E-state index contributed by atoms with van der Waals surface area (Å²) in [5, 5.41) is 7.87. The van der Waals surface area contributed by atoms with Gasteiger partial charge >= 0.3 is 0 Å². The molecule has 0 atom stereocenters. The molecule has 72 valence electrons. The Labute approximate surface area is 84.5 Å². The zero-order valence-corrected chi connectivity index (χ0v) is 8.05. The molecule has 0 saturated heterocycles. The largest absolute Gasteiger partial charge is 0.497 e. The van der Waals surface area contributed by atoms with Gasteiger partial charge in [-0.15, -0.1) is 10.2 Å². The molecule has 2 rings (SSSR count). The third kappa shape index (κ3) is 1.48. The van der Waals surface area contributed by atoms with E-state index >= 15 is 0 Å². The minimum Gasteiger partial charge on any atom is -0.497 e. The highest BCUT2D eigenvalue weighted by Gasteiger charge is 2.06. The van der Waals surface area contributed by atoms with Gasteiger partial charge in [-0.25, -0.2) is 4.39 Å². The average Bonchev–Trinajstić information content (AvgIpc) is 2.19. The minimum atomic E-state index is -0.420. The molecule has 0 aliphatic rings. The molecular weight excluding hydrogens is 207 g/mol. The zero-order chi connectivity index (χ0) is 10.1. The molecule has 0 N–H and O–H groups in total. The van der Waals surface area contributed by atoms with Gasteiger partial charge in [0.15, 0.2) is 5.15 Å². The van der Waals surface area contributed by atoms with Crippen LogP contribution < -0.4 is 4.74 Å². The molecule has 0 aliphatic carbocycles. The number of benzene rings is 1. The van der Waals surface area contributed by atoms with Crippen LogP contribution in [0.1, 0.15) is 0 Å². The number of fused-ring (bicyclic) bond motifs is 1. The smallest absolute Gasteiger partial charge is 0.152 e. The van der Waals surface area contributed by atoms with E-state index in [1.807, 2.05) is 0 Å². The quantitative estimate of drug-likeness (QED) is 0.728. The number of nitrogens with zero attached hydrogens (tertiary/aromatic N) is 2. The van der Waals surface area contributed by atoms with Crippen LogP contribution in [0.25, 0.3) is 10.9 Å². The van der Waals surface area contributed by atoms with Crippen molar-refractivity contribution in [2.24, 2.45) is 0 Å². The molecule has 0 bridgehead atoms. The molecule has 1 heterocycles. The summed E-state index contributed by atoms with van der Waals surface area (Å²) in [6.07, 6.45) is 0. The summed E-state index contributed by atoms with van der Waals surface area (Å²) in [5.41, 5.74) is 0.422. The van der Waals surface area contributed by atoms with Crippen LogP contribution in [0.15, 0.2) is 18.2 Å². The van der Waals surface area contributed by atoms with Gasteiger partial charge in [-0.2, -0.15) is 0 Å². The first kappa shape index (κ1) is 9.15. The van der Waals surface area contributed by atoms with Crippen LogP contribution in [0.4, 0.5) is 4.39 Å². The monoisotopic (exact) mass is 212 g/mol. The second-order valence-electron chi connectivity index (χ2n) is 2.71. The third-order valence-electron chi connectivity index (χ3n) is 1.83. The first-order chi connectivity index (χ1) is 6.70. The van der Waals surface area contributed by atoms with Crippen molar-refractivity contribution < 1.29 is 9.13 Å². The van der Waals surface area contributed by atoms with Crippen LogP contribution in [0, 0.1) is 5.82 Å². The van der Waals surface area contributed by atoms with Crippen molar-refractivity contribution in [2.45, 2.75) is 0 Å². The number of rotatable bonds is 1. The SMILES string of the molecule is COc1cc(F)c2cc(Cl)nnc2c1. The lowest BCUT2D eigenvalue weighted by Gasteiger charge is -2.02. The summed E-state index contributed by atoms with van der Waals surface area (Å²) in [5.74, 6) is -0.0113. The number of ether oxygens (including phenoxy) is 1. The highest BCUT2D eigenvalue weighted by atomic mass is 35.5. The van der Waals surface area contributed by atoms with Crippen LogP contribution in [0.2, 0.25) is 5.15 Å². The van der Waals surface area contributed by atoms with E-state index in [2.05, 4.69) is 10.2 Å². The Balaban J connectivity index is 2.76. The topological polar surface area (TPSA) is 35.0 Å². The van der Waals surface area contributed by atoms with Gasteiger partial charge in [0.05, 0.1) is 12.6 Å². The Bertz CT molecular complexity index is 489. The summed E-state index contributed by atoms with van der Waals surface area (Å²) in [6.45, 7) is 0. The maximum absolute atomic E-state index is 13.4. The van der Waals surface area contributed by atoms with E-state index in [-0.39, 0.29) is 5.15 Å². The van der Waals surface area contributed by atoms with E-state index in [1.54, 1.807) is 6.07 Å². The predicted molar refractivity (Wildman–Crippen MR) is 51.1 cm³/mol. The Kier molecular flexibility index (Phi) is 2.21. The first-order valence-corrected chi connectivity index (χ1v) is 4.25. The first-order valence-electron chi connectivity index (χ1n) is 3.87. The van der Waals surface area contributed by atoms with Gasteiger partial charge in [-0.1, -0.05) is 11.6 Å². The molecular formula is C9H6ClFN2O. The Hall–Kier alpha value is -1.42. The normalized spacial score (nSPS) is 10.5. The van der Waals surface area contributed by atoms with Crippen molar-refractivity contribution in [1.29, 1.82) is 0 Å². The molecule has 0 aliphatic heterocycles. The lowest BCUT2D eigenvalue weighted by Crippen LogP contribution is -1.90. The number of hydrogen-bond donors (Lipinski definition) is 0. The molecule has 0 fully saturated rings. The standard InChI is InChI=1S/C9H6ClFN2O/c1-14-5-2-7(11)6-4-9(10)13-12-8(6)3-5/h2-4H,1H3. The van der Waals surface area contributed by atoms with E-state index < -0.39 is 5.82 Å². The Morgan fingerprint density at radius 1 is 1.29 bits per heavy atom. The molecule has 5 heteroatoms. The molecule has 1 aromatic heterocycles.